The Morgan fingerprint density at radius 1 is 1.38 bits per heavy atom. The van der Waals surface area contributed by atoms with Gasteiger partial charge in [0.15, 0.2) is 0 Å². The summed E-state index contributed by atoms with van der Waals surface area (Å²) in [5, 5.41) is 0. The molecular weight excluding hydrogens is 208 g/mol. The Kier molecular flexibility index (Phi) is 3.62. The molecule has 0 spiro atoms. The summed E-state index contributed by atoms with van der Waals surface area (Å²) in [6, 6.07) is 0. The molecule has 0 aromatic carbocycles. The van der Waals surface area contributed by atoms with Crippen molar-refractivity contribution in [3.05, 3.63) is 23.7 Å². The van der Waals surface area contributed by atoms with Gasteiger partial charge < -0.3 is 14.2 Å². The van der Waals surface area contributed by atoms with Crippen LogP contribution in [0.3, 0.4) is 0 Å². The van der Waals surface area contributed by atoms with Crippen LogP contribution in [0.15, 0.2) is 23.7 Å². The van der Waals surface area contributed by atoms with Gasteiger partial charge in [-0.3, -0.25) is 0 Å². The zero-order valence-electron chi connectivity index (χ0n) is 10.4. The molecule has 1 aliphatic rings. The van der Waals surface area contributed by atoms with Gasteiger partial charge in [0.1, 0.15) is 0 Å². The van der Waals surface area contributed by atoms with Gasteiger partial charge in [-0.25, -0.2) is 4.79 Å². The van der Waals surface area contributed by atoms with Gasteiger partial charge >= 0.3 is 5.97 Å². The molecule has 0 N–H and O–H groups in total. The third kappa shape index (κ3) is 2.78. The summed E-state index contributed by atoms with van der Waals surface area (Å²) in [5.74, 6) is -0.0905. The number of hydrogen-bond donors (Lipinski definition) is 0. The van der Waals surface area contributed by atoms with E-state index in [1.54, 1.807) is 12.2 Å². The van der Waals surface area contributed by atoms with Gasteiger partial charge in [0.05, 0.1) is 14.2 Å². The minimum absolute atomic E-state index is 0.0696. The standard InChI is InChI=1S/C12H18O4/c1-12(2,3)8-6-9(11(13)15-5)16-10(7-8)14-4/h6-7,9H,1-5H3. The van der Waals surface area contributed by atoms with Crippen molar-refractivity contribution in [1.29, 1.82) is 0 Å². The summed E-state index contributed by atoms with van der Waals surface area (Å²) in [6.45, 7) is 6.17. The van der Waals surface area contributed by atoms with E-state index in [2.05, 4.69) is 25.5 Å². The third-order valence-corrected chi connectivity index (χ3v) is 2.35. The van der Waals surface area contributed by atoms with Crippen LogP contribution in [0.25, 0.3) is 0 Å². The Hall–Kier alpha value is -1.45. The molecular formula is C12H18O4. The van der Waals surface area contributed by atoms with Gasteiger partial charge in [-0.05, 0) is 17.1 Å². The zero-order chi connectivity index (χ0) is 12.3. The Balaban J connectivity index is 3.00. The molecule has 0 aliphatic carbocycles. The Bertz CT molecular complexity index is 333. The number of hydrogen-bond acceptors (Lipinski definition) is 4. The predicted molar refractivity (Wildman–Crippen MR) is 59.5 cm³/mol. The molecule has 1 aliphatic heterocycles. The molecule has 90 valence electrons. The monoisotopic (exact) mass is 226 g/mol. The molecule has 0 fully saturated rings. The average Bonchev–Trinajstić information content (AvgIpc) is 2.26. The van der Waals surface area contributed by atoms with E-state index in [1.807, 2.05) is 0 Å². The largest absolute Gasteiger partial charge is 0.469 e. The van der Waals surface area contributed by atoms with Crippen molar-refractivity contribution in [3.8, 4) is 0 Å². The second-order valence-corrected chi connectivity index (χ2v) is 4.60. The second-order valence-electron chi connectivity index (χ2n) is 4.60. The maximum Gasteiger partial charge on any atom is 0.351 e. The SMILES string of the molecule is COC(=O)C1C=C(C(C)(C)C)C=C(OC)O1. The molecule has 4 heteroatoms. The van der Waals surface area contributed by atoms with Crippen molar-refractivity contribution in [2.24, 2.45) is 5.41 Å². The van der Waals surface area contributed by atoms with Crippen molar-refractivity contribution in [2.45, 2.75) is 26.9 Å². The van der Waals surface area contributed by atoms with Crippen LogP contribution in [-0.4, -0.2) is 26.3 Å². The molecule has 1 atom stereocenters. The van der Waals surface area contributed by atoms with Crippen molar-refractivity contribution >= 4 is 5.97 Å². The van der Waals surface area contributed by atoms with E-state index in [-0.39, 0.29) is 5.41 Å². The molecule has 0 aromatic rings. The normalized spacial score (nSPS) is 20.4. The first kappa shape index (κ1) is 12.6. The molecule has 0 saturated heterocycles. The Labute approximate surface area is 95.9 Å². The lowest BCUT2D eigenvalue weighted by molar-refractivity contribution is -0.151. The fourth-order valence-electron chi connectivity index (χ4n) is 1.34. The lowest BCUT2D eigenvalue weighted by Crippen LogP contribution is -2.28. The van der Waals surface area contributed by atoms with Crippen LogP contribution >= 0.6 is 0 Å². The minimum Gasteiger partial charge on any atom is -0.469 e. The summed E-state index contributed by atoms with van der Waals surface area (Å²) < 4.78 is 15.0. The lowest BCUT2D eigenvalue weighted by atomic mass is 9.85. The summed E-state index contributed by atoms with van der Waals surface area (Å²) >= 11 is 0. The second kappa shape index (κ2) is 4.60. The topological polar surface area (TPSA) is 44.8 Å². The van der Waals surface area contributed by atoms with Crippen LogP contribution in [0.2, 0.25) is 0 Å². The maximum atomic E-state index is 11.4. The first-order valence-corrected chi connectivity index (χ1v) is 5.11. The van der Waals surface area contributed by atoms with Crippen LogP contribution < -0.4 is 0 Å². The molecule has 1 rings (SSSR count). The number of allylic oxidation sites excluding steroid dienone is 2. The highest BCUT2D eigenvalue weighted by Crippen LogP contribution is 2.31. The van der Waals surface area contributed by atoms with Crippen molar-refractivity contribution in [1.82, 2.24) is 0 Å². The zero-order valence-corrected chi connectivity index (χ0v) is 10.4. The molecule has 4 nitrogen and oxygen atoms in total. The summed E-state index contributed by atoms with van der Waals surface area (Å²) in [5.41, 5.74) is 0.922. The van der Waals surface area contributed by atoms with Gasteiger partial charge in [0.2, 0.25) is 6.10 Å². The van der Waals surface area contributed by atoms with E-state index in [9.17, 15) is 4.79 Å². The highest BCUT2D eigenvalue weighted by molar-refractivity contribution is 5.77. The van der Waals surface area contributed by atoms with E-state index < -0.39 is 12.1 Å². The molecule has 0 aromatic heterocycles. The van der Waals surface area contributed by atoms with Crippen molar-refractivity contribution in [3.63, 3.8) is 0 Å². The van der Waals surface area contributed by atoms with Crippen LogP contribution in [0, 0.1) is 5.41 Å². The summed E-state index contributed by atoms with van der Waals surface area (Å²) in [6.07, 6.45) is 2.83. The van der Waals surface area contributed by atoms with Crippen LogP contribution in [0.5, 0.6) is 0 Å². The highest BCUT2D eigenvalue weighted by atomic mass is 16.7. The molecule has 0 amide bonds. The van der Waals surface area contributed by atoms with Gasteiger partial charge in [0, 0.05) is 6.08 Å². The Morgan fingerprint density at radius 3 is 2.44 bits per heavy atom. The lowest BCUT2D eigenvalue weighted by Gasteiger charge is -2.27. The Morgan fingerprint density at radius 2 is 2.00 bits per heavy atom. The summed E-state index contributed by atoms with van der Waals surface area (Å²) in [4.78, 5) is 11.4. The third-order valence-electron chi connectivity index (χ3n) is 2.35. The number of carbonyl (C=O) groups is 1. The van der Waals surface area contributed by atoms with E-state index in [1.165, 1.54) is 14.2 Å². The van der Waals surface area contributed by atoms with E-state index in [4.69, 9.17) is 9.47 Å². The fraction of sp³-hybridized carbons (Fsp3) is 0.583. The van der Waals surface area contributed by atoms with Crippen LogP contribution in [0.4, 0.5) is 0 Å². The van der Waals surface area contributed by atoms with Crippen molar-refractivity contribution < 1.29 is 19.0 Å². The molecule has 1 unspecified atom stereocenters. The maximum absolute atomic E-state index is 11.4. The molecule has 16 heavy (non-hydrogen) atoms. The van der Waals surface area contributed by atoms with Gasteiger partial charge in [-0.1, -0.05) is 20.8 Å². The van der Waals surface area contributed by atoms with E-state index >= 15 is 0 Å². The minimum atomic E-state index is -0.723. The molecule has 0 bridgehead atoms. The first-order valence-electron chi connectivity index (χ1n) is 5.11. The number of methoxy groups -OCH3 is 2. The summed E-state index contributed by atoms with van der Waals surface area (Å²) in [7, 11) is 2.84. The van der Waals surface area contributed by atoms with E-state index in [0.717, 1.165) is 5.57 Å². The molecule has 1 heterocycles. The average molecular weight is 226 g/mol. The number of rotatable bonds is 2. The number of carbonyl (C=O) groups excluding carboxylic acids is 1. The highest BCUT2D eigenvalue weighted by Gasteiger charge is 2.28. The number of ether oxygens (including phenoxy) is 3. The van der Waals surface area contributed by atoms with Gasteiger partial charge in [-0.15, -0.1) is 0 Å². The predicted octanol–water partition coefficient (Wildman–Crippen LogP) is 2.02. The van der Waals surface area contributed by atoms with Crippen LogP contribution in [0.1, 0.15) is 20.8 Å². The van der Waals surface area contributed by atoms with E-state index in [0.29, 0.717) is 5.95 Å². The molecule has 0 saturated carbocycles. The smallest absolute Gasteiger partial charge is 0.351 e. The molecule has 0 radical (unpaired) electrons. The van der Waals surface area contributed by atoms with Crippen molar-refractivity contribution in [2.75, 3.05) is 14.2 Å². The van der Waals surface area contributed by atoms with Crippen LogP contribution in [-0.2, 0) is 19.0 Å². The van der Waals surface area contributed by atoms with Gasteiger partial charge in [-0.2, -0.15) is 0 Å². The fourth-order valence-corrected chi connectivity index (χ4v) is 1.34. The number of esters is 1. The van der Waals surface area contributed by atoms with Gasteiger partial charge in [0.25, 0.3) is 5.95 Å². The first-order chi connectivity index (χ1) is 7.38. The quantitative estimate of drug-likeness (QED) is 0.676.